The maximum Gasteiger partial charge on any atom is 0.323 e. The van der Waals surface area contributed by atoms with Gasteiger partial charge in [-0.2, -0.15) is 11.8 Å². The maximum atomic E-state index is 11.6. The van der Waals surface area contributed by atoms with Crippen LogP contribution in [0.2, 0.25) is 0 Å². The third kappa shape index (κ3) is 7.56. The Hall–Kier alpha value is -0.710. The van der Waals surface area contributed by atoms with Gasteiger partial charge in [-0.1, -0.05) is 13.8 Å². The van der Waals surface area contributed by atoms with Crippen molar-refractivity contribution in [2.24, 2.45) is 5.92 Å². The number of thioether (sulfide) groups is 1. The van der Waals surface area contributed by atoms with Gasteiger partial charge >= 0.3 is 5.97 Å². The van der Waals surface area contributed by atoms with Gasteiger partial charge < -0.3 is 10.0 Å². The summed E-state index contributed by atoms with van der Waals surface area (Å²) in [6, 6.07) is 0. The van der Waals surface area contributed by atoms with E-state index >= 15 is 0 Å². The molecule has 0 aromatic carbocycles. The molecule has 0 aromatic heterocycles. The number of nitrogens with zero attached hydrogens (tertiary/aromatic N) is 1. The summed E-state index contributed by atoms with van der Waals surface area (Å²) in [4.78, 5) is 23.5. The van der Waals surface area contributed by atoms with Gasteiger partial charge in [0.05, 0.1) is 0 Å². The number of rotatable bonds is 8. The lowest BCUT2D eigenvalue weighted by atomic mass is 10.3. The van der Waals surface area contributed by atoms with E-state index in [4.69, 9.17) is 5.11 Å². The van der Waals surface area contributed by atoms with Gasteiger partial charge in [-0.25, -0.2) is 0 Å². The van der Waals surface area contributed by atoms with Gasteiger partial charge in [0.2, 0.25) is 5.91 Å². The summed E-state index contributed by atoms with van der Waals surface area (Å²) in [5.41, 5.74) is 0. The van der Waals surface area contributed by atoms with Crippen LogP contribution in [0.5, 0.6) is 0 Å². The van der Waals surface area contributed by atoms with Crippen molar-refractivity contribution >= 4 is 23.6 Å². The highest BCUT2D eigenvalue weighted by atomic mass is 32.2. The summed E-state index contributed by atoms with van der Waals surface area (Å²) in [6.45, 7) is 6.33. The van der Waals surface area contributed by atoms with E-state index in [1.165, 1.54) is 4.90 Å². The second-order valence-corrected chi connectivity index (χ2v) is 5.17. The van der Waals surface area contributed by atoms with Gasteiger partial charge in [0.1, 0.15) is 6.54 Å². The van der Waals surface area contributed by atoms with E-state index < -0.39 is 5.97 Å². The molecule has 94 valence electrons. The molecule has 0 heterocycles. The summed E-state index contributed by atoms with van der Waals surface area (Å²) < 4.78 is 0. The predicted octanol–water partition coefficient (Wildman–Crippen LogP) is 1.70. The number of carboxylic acids is 1. The van der Waals surface area contributed by atoms with Crippen LogP contribution in [-0.2, 0) is 9.59 Å². The topological polar surface area (TPSA) is 57.6 Å². The Kier molecular flexibility index (Phi) is 8.07. The molecule has 0 aliphatic rings. The van der Waals surface area contributed by atoms with E-state index in [0.717, 1.165) is 11.5 Å². The molecule has 0 aliphatic heterocycles. The monoisotopic (exact) mass is 247 g/mol. The number of hydrogen-bond acceptors (Lipinski definition) is 3. The first-order chi connectivity index (χ1) is 7.47. The Balaban J connectivity index is 3.80. The first-order valence-corrected chi connectivity index (χ1v) is 6.70. The van der Waals surface area contributed by atoms with Crippen molar-refractivity contribution in [3.63, 3.8) is 0 Å². The molecule has 16 heavy (non-hydrogen) atoms. The fourth-order valence-electron chi connectivity index (χ4n) is 1.18. The molecule has 1 N–H and O–H groups in total. The van der Waals surface area contributed by atoms with Crippen molar-refractivity contribution in [1.82, 2.24) is 4.90 Å². The summed E-state index contributed by atoms with van der Waals surface area (Å²) in [7, 11) is 0. The zero-order valence-electron chi connectivity index (χ0n) is 10.2. The van der Waals surface area contributed by atoms with Gasteiger partial charge in [0.15, 0.2) is 0 Å². The minimum absolute atomic E-state index is 0.0684. The van der Waals surface area contributed by atoms with Crippen LogP contribution in [0.25, 0.3) is 0 Å². The quantitative estimate of drug-likeness (QED) is 0.663. The number of likely N-dealkylation sites (N-methyl/N-ethyl adjacent to an activating group) is 1. The summed E-state index contributed by atoms with van der Waals surface area (Å²) in [5, 5.41) is 8.61. The molecule has 0 saturated heterocycles. The number of amides is 1. The summed E-state index contributed by atoms with van der Waals surface area (Å²) >= 11 is 1.74. The van der Waals surface area contributed by atoms with Crippen LogP contribution in [0, 0.1) is 5.92 Å². The third-order valence-electron chi connectivity index (χ3n) is 1.97. The molecule has 0 unspecified atom stereocenters. The van der Waals surface area contributed by atoms with Crippen LogP contribution in [0.1, 0.15) is 27.2 Å². The Labute approximate surface area is 101 Å². The van der Waals surface area contributed by atoms with Crippen LogP contribution in [0.3, 0.4) is 0 Å². The minimum atomic E-state index is -0.954. The van der Waals surface area contributed by atoms with Gasteiger partial charge in [-0.05, 0) is 18.6 Å². The lowest BCUT2D eigenvalue weighted by Crippen LogP contribution is -2.35. The number of carbonyl (C=O) groups excluding carboxylic acids is 1. The van der Waals surface area contributed by atoms with Crippen molar-refractivity contribution < 1.29 is 14.7 Å². The van der Waals surface area contributed by atoms with E-state index in [0.29, 0.717) is 18.9 Å². The Morgan fingerprint density at radius 1 is 1.38 bits per heavy atom. The van der Waals surface area contributed by atoms with Crippen molar-refractivity contribution in [1.29, 1.82) is 0 Å². The van der Waals surface area contributed by atoms with Crippen LogP contribution in [0.15, 0.2) is 0 Å². The summed E-state index contributed by atoms with van der Waals surface area (Å²) in [5.74, 6) is 1.42. The molecular formula is C11H21NO3S. The molecule has 5 heteroatoms. The average molecular weight is 247 g/mol. The molecule has 0 saturated carbocycles. The number of aliphatic carboxylic acids is 1. The van der Waals surface area contributed by atoms with E-state index in [2.05, 4.69) is 13.8 Å². The maximum absolute atomic E-state index is 11.6. The van der Waals surface area contributed by atoms with Crippen LogP contribution in [-0.4, -0.2) is 46.5 Å². The molecule has 0 fully saturated rings. The molecule has 0 atom stereocenters. The molecule has 0 aromatic rings. The third-order valence-corrected chi connectivity index (χ3v) is 3.37. The number of hydrogen-bond donors (Lipinski definition) is 1. The highest BCUT2D eigenvalue weighted by Gasteiger charge is 2.14. The average Bonchev–Trinajstić information content (AvgIpc) is 2.20. The Bertz CT molecular complexity index is 231. The van der Waals surface area contributed by atoms with Gasteiger partial charge in [0, 0.05) is 18.7 Å². The molecule has 1 amide bonds. The smallest absolute Gasteiger partial charge is 0.323 e. The van der Waals surface area contributed by atoms with Gasteiger partial charge in [0.25, 0.3) is 0 Å². The molecule has 0 bridgehead atoms. The van der Waals surface area contributed by atoms with Crippen molar-refractivity contribution in [3.8, 4) is 0 Å². The normalized spacial score (nSPS) is 10.5. The molecular weight excluding hydrogens is 226 g/mol. The van der Waals surface area contributed by atoms with E-state index in [1.807, 2.05) is 0 Å². The van der Waals surface area contributed by atoms with E-state index in [-0.39, 0.29) is 12.5 Å². The van der Waals surface area contributed by atoms with Gasteiger partial charge in [-0.3, -0.25) is 9.59 Å². The van der Waals surface area contributed by atoms with Crippen molar-refractivity contribution in [3.05, 3.63) is 0 Å². The fourth-order valence-corrected chi connectivity index (χ4v) is 2.13. The predicted molar refractivity (Wildman–Crippen MR) is 66.7 cm³/mol. The highest BCUT2D eigenvalue weighted by molar-refractivity contribution is 7.99. The SMILES string of the molecule is CCN(CC(=O)O)C(=O)CCSCC(C)C. The highest BCUT2D eigenvalue weighted by Crippen LogP contribution is 2.09. The van der Waals surface area contributed by atoms with Crippen LogP contribution >= 0.6 is 11.8 Å². The summed E-state index contributed by atoms with van der Waals surface area (Å²) in [6.07, 6.45) is 0.429. The zero-order chi connectivity index (χ0) is 12.6. The molecule has 0 spiro atoms. The van der Waals surface area contributed by atoms with Gasteiger partial charge in [-0.15, -0.1) is 0 Å². The first kappa shape index (κ1) is 15.3. The second kappa shape index (κ2) is 8.44. The molecule has 0 aliphatic carbocycles. The van der Waals surface area contributed by atoms with E-state index in [1.54, 1.807) is 18.7 Å². The number of carbonyl (C=O) groups is 2. The lowest BCUT2D eigenvalue weighted by molar-refractivity contribution is -0.144. The molecule has 0 rings (SSSR count). The Morgan fingerprint density at radius 3 is 2.44 bits per heavy atom. The zero-order valence-corrected chi connectivity index (χ0v) is 11.0. The minimum Gasteiger partial charge on any atom is -0.480 e. The first-order valence-electron chi connectivity index (χ1n) is 5.54. The van der Waals surface area contributed by atoms with Crippen molar-refractivity contribution in [2.45, 2.75) is 27.2 Å². The molecule has 4 nitrogen and oxygen atoms in total. The largest absolute Gasteiger partial charge is 0.480 e. The standard InChI is InChI=1S/C11H21NO3S/c1-4-12(7-11(14)15)10(13)5-6-16-8-9(2)3/h9H,4-8H2,1-3H3,(H,14,15). The molecule has 0 radical (unpaired) electrons. The fraction of sp³-hybridized carbons (Fsp3) is 0.818. The number of carboxylic acid groups (broad SMARTS) is 1. The Morgan fingerprint density at radius 2 is 2.00 bits per heavy atom. The van der Waals surface area contributed by atoms with Crippen LogP contribution in [0.4, 0.5) is 0 Å². The second-order valence-electron chi connectivity index (χ2n) is 4.02. The van der Waals surface area contributed by atoms with Crippen molar-refractivity contribution in [2.75, 3.05) is 24.6 Å². The van der Waals surface area contributed by atoms with E-state index in [9.17, 15) is 9.59 Å². The lowest BCUT2D eigenvalue weighted by Gasteiger charge is -2.18. The van der Waals surface area contributed by atoms with Crippen LogP contribution < -0.4 is 0 Å².